The summed E-state index contributed by atoms with van der Waals surface area (Å²) in [5.41, 5.74) is 3.55. The summed E-state index contributed by atoms with van der Waals surface area (Å²) in [6, 6.07) is 18.7. The molecule has 0 spiro atoms. The van der Waals surface area contributed by atoms with Crippen LogP contribution in [0, 0.1) is 13.8 Å². The number of carbonyl (C=O) groups excluding carboxylic acids is 2. The molecule has 0 aromatic heterocycles. The average Bonchev–Trinajstić information content (AvgIpc) is 2.79. The minimum atomic E-state index is -4.02. The van der Waals surface area contributed by atoms with E-state index in [1.807, 2.05) is 31.2 Å². The van der Waals surface area contributed by atoms with Crippen molar-refractivity contribution in [2.75, 3.05) is 10.8 Å². The maximum atomic E-state index is 13.5. The standard InChI is InChI=1S/C25H25ClN2O4S/c1-18-6-12-22(13-7-18)33(31,32)28(24-5-3-4-23(26)19(24)2)17-25(30)27-16-21-10-8-20(9-11-21)14-15-29/h3-13,15H,14,16-17H2,1-2H3,(H,27,30). The molecule has 3 aromatic rings. The first-order valence-electron chi connectivity index (χ1n) is 10.3. The van der Waals surface area contributed by atoms with E-state index < -0.39 is 22.5 Å². The maximum absolute atomic E-state index is 13.5. The lowest BCUT2D eigenvalue weighted by Gasteiger charge is -2.26. The van der Waals surface area contributed by atoms with Crippen LogP contribution in [0.4, 0.5) is 5.69 Å². The van der Waals surface area contributed by atoms with Gasteiger partial charge in [-0.25, -0.2) is 8.42 Å². The summed E-state index contributed by atoms with van der Waals surface area (Å²) in [5.74, 6) is -0.456. The second-order valence-corrected chi connectivity index (χ2v) is 9.94. The van der Waals surface area contributed by atoms with Crippen LogP contribution in [0.3, 0.4) is 0 Å². The van der Waals surface area contributed by atoms with Gasteiger partial charge in [0.1, 0.15) is 12.8 Å². The van der Waals surface area contributed by atoms with Gasteiger partial charge in [-0.05, 0) is 54.8 Å². The summed E-state index contributed by atoms with van der Waals surface area (Å²) in [7, 11) is -4.02. The lowest BCUT2D eigenvalue weighted by molar-refractivity contribution is -0.119. The topological polar surface area (TPSA) is 83.6 Å². The zero-order chi connectivity index (χ0) is 24.0. The van der Waals surface area contributed by atoms with E-state index in [1.165, 1.54) is 12.1 Å². The monoisotopic (exact) mass is 484 g/mol. The third kappa shape index (κ3) is 6.00. The number of aldehydes is 1. The van der Waals surface area contributed by atoms with E-state index in [9.17, 15) is 18.0 Å². The van der Waals surface area contributed by atoms with Gasteiger partial charge in [0.25, 0.3) is 10.0 Å². The molecule has 33 heavy (non-hydrogen) atoms. The van der Waals surface area contributed by atoms with Crippen LogP contribution in [0.5, 0.6) is 0 Å². The molecule has 0 aliphatic carbocycles. The quantitative estimate of drug-likeness (QED) is 0.461. The predicted octanol–water partition coefficient (Wildman–Crippen LogP) is 4.21. The number of nitrogens with one attached hydrogen (secondary N) is 1. The second-order valence-electron chi connectivity index (χ2n) is 7.67. The fourth-order valence-corrected chi connectivity index (χ4v) is 4.93. The molecule has 0 saturated carbocycles. The van der Waals surface area contributed by atoms with Crippen molar-refractivity contribution in [1.82, 2.24) is 5.32 Å². The Morgan fingerprint density at radius 3 is 2.24 bits per heavy atom. The number of hydrogen-bond donors (Lipinski definition) is 1. The van der Waals surface area contributed by atoms with E-state index in [-0.39, 0.29) is 11.4 Å². The Morgan fingerprint density at radius 2 is 1.61 bits per heavy atom. The summed E-state index contributed by atoms with van der Waals surface area (Å²) in [4.78, 5) is 23.5. The SMILES string of the molecule is Cc1ccc(S(=O)(=O)N(CC(=O)NCc2ccc(CC=O)cc2)c2cccc(Cl)c2C)cc1. The van der Waals surface area contributed by atoms with E-state index in [0.29, 0.717) is 22.7 Å². The molecule has 0 heterocycles. The van der Waals surface area contributed by atoms with Crippen molar-refractivity contribution in [1.29, 1.82) is 0 Å². The molecule has 0 aliphatic heterocycles. The molecule has 1 N–H and O–H groups in total. The fourth-order valence-electron chi connectivity index (χ4n) is 3.28. The van der Waals surface area contributed by atoms with E-state index in [1.54, 1.807) is 37.3 Å². The number of anilines is 1. The van der Waals surface area contributed by atoms with Crippen LogP contribution in [-0.2, 0) is 32.6 Å². The second kappa shape index (κ2) is 10.6. The van der Waals surface area contributed by atoms with Crippen molar-refractivity contribution in [3.63, 3.8) is 0 Å². The molecule has 0 radical (unpaired) electrons. The largest absolute Gasteiger partial charge is 0.350 e. The summed E-state index contributed by atoms with van der Waals surface area (Å²) in [6.07, 6.45) is 1.16. The van der Waals surface area contributed by atoms with Gasteiger partial charge in [-0.3, -0.25) is 9.10 Å². The number of amides is 1. The summed E-state index contributed by atoms with van der Waals surface area (Å²) < 4.78 is 28.1. The third-order valence-corrected chi connectivity index (χ3v) is 7.42. The van der Waals surface area contributed by atoms with E-state index in [4.69, 9.17) is 11.6 Å². The molecule has 1 amide bonds. The predicted molar refractivity (Wildman–Crippen MR) is 130 cm³/mol. The summed E-state index contributed by atoms with van der Waals surface area (Å²) >= 11 is 6.24. The first kappa shape index (κ1) is 24.5. The van der Waals surface area contributed by atoms with Crippen LogP contribution in [0.25, 0.3) is 0 Å². The number of sulfonamides is 1. The van der Waals surface area contributed by atoms with Crippen LogP contribution in [0.1, 0.15) is 22.3 Å². The van der Waals surface area contributed by atoms with Crippen molar-refractivity contribution in [2.24, 2.45) is 0 Å². The summed E-state index contributed by atoms with van der Waals surface area (Å²) in [5, 5.41) is 3.18. The van der Waals surface area contributed by atoms with Crippen molar-refractivity contribution in [2.45, 2.75) is 31.7 Å². The van der Waals surface area contributed by atoms with E-state index in [0.717, 1.165) is 27.3 Å². The molecule has 0 bridgehead atoms. The molecule has 172 valence electrons. The number of carbonyl (C=O) groups is 2. The third-order valence-electron chi connectivity index (χ3n) is 5.24. The Balaban J connectivity index is 1.85. The Hall–Kier alpha value is -3.16. The maximum Gasteiger partial charge on any atom is 0.264 e. The van der Waals surface area contributed by atoms with Gasteiger partial charge in [-0.1, -0.05) is 59.6 Å². The van der Waals surface area contributed by atoms with Crippen molar-refractivity contribution in [3.8, 4) is 0 Å². The first-order valence-corrected chi connectivity index (χ1v) is 12.2. The highest BCUT2D eigenvalue weighted by atomic mass is 35.5. The fraction of sp³-hybridized carbons (Fsp3) is 0.200. The lowest BCUT2D eigenvalue weighted by atomic mass is 10.1. The molecule has 0 aliphatic rings. The highest BCUT2D eigenvalue weighted by molar-refractivity contribution is 7.92. The number of hydrogen-bond acceptors (Lipinski definition) is 4. The average molecular weight is 485 g/mol. The molecule has 0 unspecified atom stereocenters. The molecule has 3 rings (SSSR count). The van der Waals surface area contributed by atoms with Gasteiger partial charge < -0.3 is 10.1 Å². The highest BCUT2D eigenvalue weighted by Crippen LogP contribution is 2.30. The first-order chi connectivity index (χ1) is 15.7. The number of benzene rings is 3. The van der Waals surface area contributed by atoms with Crippen LogP contribution < -0.4 is 9.62 Å². The van der Waals surface area contributed by atoms with Crippen molar-refractivity contribution >= 4 is 39.5 Å². The van der Waals surface area contributed by atoms with E-state index >= 15 is 0 Å². The Bertz CT molecular complexity index is 1240. The Morgan fingerprint density at radius 1 is 0.970 bits per heavy atom. The van der Waals surface area contributed by atoms with Gasteiger partial charge in [-0.15, -0.1) is 0 Å². The molecule has 0 saturated heterocycles. The molecule has 6 nitrogen and oxygen atoms in total. The number of rotatable bonds is 9. The zero-order valence-corrected chi connectivity index (χ0v) is 20.0. The van der Waals surface area contributed by atoms with Gasteiger partial charge in [0.15, 0.2) is 0 Å². The van der Waals surface area contributed by atoms with Crippen LogP contribution in [-0.4, -0.2) is 27.2 Å². The van der Waals surface area contributed by atoms with E-state index in [2.05, 4.69) is 5.32 Å². The van der Waals surface area contributed by atoms with Crippen molar-refractivity contribution < 1.29 is 18.0 Å². The van der Waals surface area contributed by atoms with Crippen molar-refractivity contribution in [3.05, 3.63) is 94.0 Å². The van der Waals surface area contributed by atoms with Crippen LogP contribution >= 0.6 is 11.6 Å². The highest BCUT2D eigenvalue weighted by Gasteiger charge is 2.28. The molecule has 0 fully saturated rings. The van der Waals surface area contributed by atoms with Gasteiger partial charge in [0.05, 0.1) is 10.6 Å². The van der Waals surface area contributed by atoms with Gasteiger partial charge in [-0.2, -0.15) is 0 Å². The Kier molecular flexibility index (Phi) is 7.89. The molecule has 0 atom stereocenters. The molecule has 8 heteroatoms. The van der Waals surface area contributed by atoms with Gasteiger partial charge in [0.2, 0.25) is 5.91 Å². The molecule has 3 aromatic carbocycles. The van der Waals surface area contributed by atoms with Crippen LogP contribution in [0.2, 0.25) is 5.02 Å². The van der Waals surface area contributed by atoms with Crippen LogP contribution in [0.15, 0.2) is 71.6 Å². The zero-order valence-electron chi connectivity index (χ0n) is 18.4. The van der Waals surface area contributed by atoms with Gasteiger partial charge in [0, 0.05) is 18.0 Å². The molecular formula is C25H25ClN2O4S. The smallest absolute Gasteiger partial charge is 0.264 e. The Labute approximate surface area is 199 Å². The molecular weight excluding hydrogens is 460 g/mol. The van der Waals surface area contributed by atoms with Gasteiger partial charge >= 0.3 is 0 Å². The number of aryl methyl sites for hydroxylation is 1. The number of halogens is 1. The lowest BCUT2D eigenvalue weighted by Crippen LogP contribution is -2.41. The minimum Gasteiger partial charge on any atom is -0.350 e. The normalized spacial score (nSPS) is 11.1. The summed E-state index contributed by atoms with van der Waals surface area (Å²) in [6.45, 7) is 3.41. The number of nitrogens with zero attached hydrogens (tertiary/aromatic N) is 1. The minimum absolute atomic E-state index is 0.0889.